The molecule has 0 atom stereocenters. The minimum Gasteiger partial charge on any atom is -0.458 e. The third-order valence-corrected chi connectivity index (χ3v) is 5.84. The highest BCUT2D eigenvalue weighted by molar-refractivity contribution is 5.71. The summed E-state index contributed by atoms with van der Waals surface area (Å²) in [4.78, 5) is 11.5. The lowest BCUT2D eigenvalue weighted by atomic mass is 10.2. The second kappa shape index (κ2) is 34.6. The quantitative estimate of drug-likeness (QED) is 0.0741. The van der Waals surface area contributed by atoms with Gasteiger partial charge in [-0.05, 0) is 26.3 Å². The number of carbonyl (C=O) groups is 1. The van der Waals surface area contributed by atoms with Gasteiger partial charge in [-0.3, -0.25) is 0 Å². The molecule has 0 aliphatic carbocycles. The molecule has 1 rings (SSSR count). The van der Waals surface area contributed by atoms with Crippen LogP contribution in [0.4, 0.5) is 0 Å². The van der Waals surface area contributed by atoms with Crippen molar-refractivity contribution < 1.29 is 66.4 Å². The number of esters is 1. The summed E-state index contributed by atoms with van der Waals surface area (Å²) in [7, 11) is 0. The van der Waals surface area contributed by atoms with E-state index in [-0.39, 0.29) is 12.6 Å². The summed E-state index contributed by atoms with van der Waals surface area (Å²) >= 11 is 0. The zero-order valence-electron chi connectivity index (χ0n) is 30.1. The Bertz CT molecular complexity index is 824. The molecule has 0 amide bonds. The fourth-order valence-electron chi connectivity index (χ4n) is 3.61. The molecule has 0 aliphatic heterocycles. The van der Waals surface area contributed by atoms with Crippen molar-refractivity contribution in [2.45, 2.75) is 33.0 Å². The number of carbonyl (C=O) groups excluding carboxylic acids is 1. The molecule has 0 bridgehead atoms. The first-order chi connectivity index (χ1) is 24.0. The highest BCUT2D eigenvalue weighted by Crippen LogP contribution is 2.06. The summed E-state index contributed by atoms with van der Waals surface area (Å²) in [6.07, 6.45) is 0. The Morgan fingerprint density at radius 1 is 0.408 bits per heavy atom. The third kappa shape index (κ3) is 35.8. The maximum atomic E-state index is 11.5. The molecule has 0 fully saturated rings. The first-order valence-electron chi connectivity index (χ1n) is 17.2. The summed E-state index contributed by atoms with van der Waals surface area (Å²) in [6, 6.07) is 10.1. The van der Waals surface area contributed by atoms with Crippen molar-refractivity contribution in [1.82, 2.24) is 0 Å². The molecular formula is C35H62O14. The Morgan fingerprint density at radius 2 is 0.673 bits per heavy atom. The number of hydrogen-bond donors (Lipinski definition) is 0. The largest absolute Gasteiger partial charge is 0.458 e. The van der Waals surface area contributed by atoms with Gasteiger partial charge in [0, 0.05) is 0 Å². The lowest BCUT2D eigenvalue weighted by Crippen LogP contribution is -2.27. The number of hydrogen-bond acceptors (Lipinski definition) is 14. The van der Waals surface area contributed by atoms with Crippen LogP contribution < -0.4 is 0 Å². The van der Waals surface area contributed by atoms with E-state index in [1.165, 1.54) is 0 Å². The zero-order chi connectivity index (χ0) is 35.4. The van der Waals surface area contributed by atoms with Crippen LogP contribution >= 0.6 is 0 Å². The summed E-state index contributed by atoms with van der Waals surface area (Å²) in [5.41, 5.74) is 0.644. The van der Waals surface area contributed by atoms with Crippen LogP contribution in [0.5, 0.6) is 0 Å². The van der Waals surface area contributed by atoms with Gasteiger partial charge >= 0.3 is 5.97 Å². The highest BCUT2D eigenvalue weighted by Gasteiger charge is 2.15. The van der Waals surface area contributed by atoms with E-state index in [4.69, 9.17) is 61.6 Å². The van der Waals surface area contributed by atoms with Gasteiger partial charge in [0.2, 0.25) is 0 Å². The molecule has 1 aromatic carbocycles. The van der Waals surface area contributed by atoms with Crippen LogP contribution in [0.2, 0.25) is 0 Å². The Labute approximate surface area is 293 Å². The van der Waals surface area contributed by atoms with E-state index in [2.05, 4.69) is 0 Å². The van der Waals surface area contributed by atoms with E-state index in [0.29, 0.717) is 152 Å². The molecule has 0 aromatic heterocycles. The van der Waals surface area contributed by atoms with Crippen molar-refractivity contribution in [3.05, 3.63) is 35.9 Å². The molecule has 0 heterocycles. The van der Waals surface area contributed by atoms with Crippen LogP contribution in [0.15, 0.2) is 30.3 Å². The monoisotopic (exact) mass is 706 g/mol. The highest BCUT2D eigenvalue weighted by atomic mass is 16.6. The van der Waals surface area contributed by atoms with E-state index < -0.39 is 5.60 Å². The number of ether oxygens (including phenoxy) is 13. The molecule has 0 spiro atoms. The van der Waals surface area contributed by atoms with Gasteiger partial charge in [0.25, 0.3) is 0 Å². The average molecular weight is 707 g/mol. The van der Waals surface area contributed by atoms with E-state index in [1.54, 1.807) is 0 Å². The second-order valence-corrected chi connectivity index (χ2v) is 11.3. The molecule has 0 radical (unpaired) electrons. The van der Waals surface area contributed by atoms with Gasteiger partial charge in [-0.25, -0.2) is 4.79 Å². The van der Waals surface area contributed by atoms with E-state index >= 15 is 0 Å². The van der Waals surface area contributed by atoms with E-state index in [1.807, 2.05) is 51.1 Å². The number of rotatable bonds is 37. The smallest absolute Gasteiger partial charge is 0.332 e. The molecule has 0 saturated carbocycles. The topological polar surface area (TPSA) is 137 Å². The molecule has 14 heteroatoms. The fourth-order valence-corrected chi connectivity index (χ4v) is 3.61. The molecular weight excluding hydrogens is 644 g/mol. The summed E-state index contributed by atoms with van der Waals surface area (Å²) in [5, 5.41) is 0. The molecule has 0 aliphatic rings. The van der Waals surface area contributed by atoms with Crippen LogP contribution in [0, 0.1) is 0 Å². The Morgan fingerprint density at radius 3 is 0.959 bits per heavy atom. The molecule has 0 N–H and O–H groups in total. The Balaban J connectivity index is 1.63. The normalized spacial score (nSPS) is 11.7. The maximum Gasteiger partial charge on any atom is 0.332 e. The molecule has 0 unspecified atom stereocenters. The molecule has 286 valence electrons. The Hall–Kier alpha value is -1.79. The first-order valence-corrected chi connectivity index (χ1v) is 17.2. The molecule has 0 saturated heterocycles. The van der Waals surface area contributed by atoms with Crippen LogP contribution in [0.1, 0.15) is 26.3 Å². The minimum atomic E-state index is -0.512. The molecule has 1 aromatic rings. The van der Waals surface area contributed by atoms with Gasteiger partial charge in [-0.1, -0.05) is 30.3 Å². The van der Waals surface area contributed by atoms with Gasteiger partial charge in [0.05, 0.1) is 152 Å². The minimum absolute atomic E-state index is 0.0838. The first kappa shape index (κ1) is 45.2. The Kier molecular flexibility index (Phi) is 32.0. The van der Waals surface area contributed by atoms with Crippen LogP contribution in [0.25, 0.3) is 0 Å². The van der Waals surface area contributed by atoms with E-state index in [9.17, 15) is 4.79 Å². The summed E-state index contributed by atoms with van der Waals surface area (Å²) < 4.78 is 70.6. The fraction of sp³-hybridized carbons (Fsp3) is 0.800. The van der Waals surface area contributed by atoms with Gasteiger partial charge in [0.15, 0.2) is 0 Å². The van der Waals surface area contributed by atoms with Crippen LogP contribution in [0.3, 0.4) is 0 Å². The van der Waals surface area contributed by atoms with Gasteiger partial charge in [0.1, 0.15) is 12.2 Å². The van der Waals surface area contributed by atoms with Crippen molar-refractivity contribution in [2.75, 3.05) is 152 Å². The SMILES string of the molecule is CC(C)(C)OC(=O)COCCOCCOCCOCCOCCOCCOCCOCCOCCOCCOCCOCc1ccccc1. The molecule has 14 nitrogen and oxygen atoms in total. The van der Waals surface area contributed by atoms with Crippen molar-refractivity contribution in [3.8, 4) is 0 Å². The third-order valence-electron chi connectivity index (χ3n) is 5.84. The lowest BCUT2D eigenvalue weighted by Gasteiger charge is -2.19. The predicted molar refractivity (Wildman–Crippen MR) is 181 cm³/mol. The summed E-state index contributed by atoms with van der Waals surface area (Å²) in [5.74, 6) is -0.387. The van der Waals surface area contributed by atoms with Crippen molar-refractivity contribution in [1.29, 1.82) is 0 Å². The van der Waals surface area contributed by atoms with Crippen LogP contribution in [-0.4, -0.2) is 164 Å². The maximum absolute atomic E-state index is 11.5. The van der Waals surface area contributed by atoms with Crippen molar-refractivity contribution in [2.24, 2.45) is 0 Å². The average Bonchev–Trinajstić information content (AvgIpc) is 3.07. The van der Waals surface area contributed by atoms with Gasteiger partial charge in [-0.2, -0.15) is 0 Å². The van der Waals surface area contributed by atoms with Crippen molar-refractivity contribution in [3.63, 3.8) is 0 Å². The molecule has 49 heavy (non-hydrogen) atoms. The van der Waals surface area contributed by atoms with Crippen LogP contribution in [-0.2, 0) is 73.0 Å². The second-order valence-electron chi connectivity index (χ2n) is 11.3. The van der Waals surface area contributed by atoms with Gasteiger partial charge < -0.3 is 61.6 Å². The van der Waals surface area contributed by atoms with E-state index in [0.717, 1.165) is 5.56 Å². The van der Waals surface area contributed by atoms with Crippen molar-refractivity contribution >= 4 is 5.97 Å². The standard InChI is InChI=1S/C35H62O14/c1-35(2,3)49-34(36)32-48-30-28-46-26-24-44-22-20-42-18-16-40-14-12-38-10-9-37-11-13-39-15-17-41-19-21-43-23-25-45-27-29-47-31-33-7-5-4-6-8-33/h4-8H,9-32H2,1-3H3. The lowest BCUT2D eigenvalue weighted by molar-refractivity contribution is -0.160. The predicted octanol–water partition coefficient (Wildman–Crippen LogP) is 2.73. The zero-order valence-corrected chi connectivity index (χ0v) is 30.1. The summed E-state index contributed by atoms with van der Waals surface area (Å²) in [6.45, 7) is 16.7. The van der Waals surface area contributed by atoms with Gasteiger partial charge in [-0.15, -0.1) is 0 Å². The number of benzene rings is 1.